The molecule has 1 N–H and O–H groups in total. The molecule has 4 rings (SSSR count). The third-order valence-electron chi connectivity index (χ3n) is 5.07. The third kappa shape index (κ3) is 4.30. The van der Waals surface area contributed by atoms with Crippen molar-refractivity contribution in [3.63, 3.8) is 0 Å². The van der Waals surface area contributed by atoms with Gasteiger partial charge in [0, 0.05) is 24.3 Å². The maximum Gasteiger partial charge on any atom is 0.434 e. The number of nitrogens with one attached hydrogen (secondary N) is 1. The van der Waals surface area contributed by atoms with E-state index >= 15 is 0 Å². The number of aromatic nitrogens is 2. The van der Waals surface area contributed by atoms with Gasteiger partial charge >= 0.3 is 6.18 Å². The summed E-state index contributed by atoms with van der Waals surface area (Å²) in [4.78, 5) is 26.8. The van der Waals surface area contributed by atoms with Crippen LogP contribution in [0.25, 0.3) is 5.69 Å². The van der Waals surface area contributed by atoms with Crippen LogP contribution in [0.4, 0.5) is 18.9 Å². The second-order valence-electron chi connectivity index (χ2n) is 7.18. The molecule has 0 atom stereocenters. The molecule has 0 unspecified atom stereocenters. The number of halogens is 3. The Kier molecular flexibility index (Phi) is 5.50. The lowest BCUT2D eigenvalue weighted by Gasteiger charge is -2.15. The number of likely N-dealkylation sites (tertiary alicyclic amines) is 1. The summed E-state index contributed by atoms with van der Waals surface area (Å²) in [5.74, 6) is -1.04. The molecule has 1 fully saturated rings. The molecule has 160 valence electrons. The fraction of sp³-hybridized carbons (Fsp3) is 0.227. The summed E-state index contributed by atoms with van der Waals surface area (Å²) < 4.78 is 41.9. The maximum absolute atomic E-state index is 13.7. The highest BCUT2D eigenvalue weighted by Gasteiger charge is 2.40. The van der Waals surface area contributed by atoms with Crippen LogP contribution >= 0.6 is 0 Å². The normalized spacial score (nSPS) is 14.0. The molecule has 2 heterocycles. The van der Waals surface area contributed by atoms with E-state index in [0.29, 0.717) is 23.3 Å². The monoisotopic (exact) mass is 428 g/mol. The number of anilines is 1. The van der Waals surface area contributed by atoms with E-state index in [-0.39, 0.29) is 17.3 Å². The molecule has 2 amide bonds. The number of carbonyl (C=O) groups is 2. The van der Waals surface area contributed by atoms with Crippen molar-refractivity contribution < 1.29 is 22.8 Å². The smallest absolute Gasteiger partial charge is 0.339 e. The highest BCUT2D eigenvalue weighted by atomic mass is 19.4. The fourth-order valence-electron chi connectivity index (χ4n) is 3.55. The van der Waals surface area contributed by atoms with Crippen LogP contribution in [0.2, 0.25) is 0 Å². The Morgan fingerprint density at radius 2 is 1.58 bits per heavy atom. The van der Waals surface area contributed by atoms with Crippen molar-refractivity contribution in [3.8, 4) is 5.69 Å². The molecule has 1 saturated heterocycles. The summed E-state index contributed by atoms with van der Waals surface area (Å²) in [6.07, 6.45) is -1.95. The first kappa shape index (κ1) is 20.6. The zero-order valence-corrected chi connectivity index (χ0v) is 16.4. The van der Waals surface area contributed by atoms with Gasteiger partial charge in [0.1, 0.15) is 0 Å². The average molecular weight is 428 g/mol. The number of benzene rings is 2. The summed E-state index contributed by atoms with van der Waals surface area (Å²) in [5.41, 5.74) is -0.805. The van der Waals surface area contributed by atoms with Gasteiger partial charge < -0.3 is 10.2 Å². The summed E-state index contributed by atoms with van der Waals surface area (Å²) in [6.45, 7) is 1.42. The van der Waals surface area contributed by atoms with Crippen molar-refractivity contribution in [1.82, 2.24) is 14.7 Å². The lowest BCUT2D eigenvalue weighted by molar-refractivity contribution is -0.143. The van der Waals surface area contributed by atoms with Gasteiger partial charge in [0.25, 0.3) is 11.8 Å². The van der Waals surface area contributed by atoms with Gasteiger partial charge in [-0.25, -0.2) is 4.68 Å². The molecule has 31 heavy (non-hydrogen) atoms. The van der Waals surface area contributed by atoms with E-state index in [9.17, 15) is 22.8 Å². The van der Waals surface area contributed by atoms with E-state index in [1.165, 1.54) is 24.3 Å². The molecule has 9 heteroatoms. The van der Waals surface area contributed by atoms with Gasteiger partial charge in [0.05, 0.1) is 17.4 Å². The largest absolute Gasteiger partial charge is 0.434 e. The molecule has 6 nitrogen and oxygen atoms in total. The van der Waals surface area contributed by atoms with Gasteiger partial charge in [-0.1, -0.05) is 18.2 Å². The van der Waals surface area contributed by atoms with E-state index in [0.717, 1.165) is 19.0 Å². The second kappa shape index (κ2) is 8.25. The van der Waals surface area contributed by atoms with Gasteiger partial charge in [-0.3, -0.25) is 9.59 Å². The number of hydrogen-bond donors (Lipinski definition) is 1. The Morgan fingerprint density at radius 1 is 0.935 bits per heavy atom. The molecule has 2 aromatic carbocycles. The van der Waals surface area contributed by atoms with Crippen LogP contribution in [0.1, 0.15) is 39.3 Å². The number of para-hydroxylation sites is 1. The molecule has 0 saturated carbocycles. The highest BCUT2D eigenvalue weighted by Crippen LogP contribution is 2.34. The van der Waals surface area contributed by atoms with Crippen molar-refractivity contribution in [2.45, 2.75) is 19.0 Å². The van der Waals surface area contributed by atoms with Gasteiger partial charge in [-0.15, -0.1) is 0 Å². The maximum atomic E-state index is 13.7. The summed E-state index contributed by atoms with van der Waals surface area (Å²) in [6, 6.07) is 13.9. The minimum absolute atomic E-state index is 0.0983. The fourth-order valence-corrected chi connectivity index (χ4v) is 3.55. The SMILES string of the molecule is O=C(Nc1ccc(C(=O)N2CCCC2)cc1)c1cnn(-c2ccccc2)c1C(F)(F)F. The number of nitrogens with zero attached hydrogens (tertiary/aromatic N) is 3. The average Bonchev–Trinajstić information content (AvgIpc) is 3.44. The molecule has 3 aromatic rings. The van der Waals surface area contributed by atoms with E-state index < -0.39 is 23.3 Å². The standard InChI is InChI=1S/C22H19F3N4O2/c23-22(24,25)19-18(14-26-29(19)17-6-2-1-3-7-17)20(30)27-16-10-8-15(9-11-16)21(31)28-12-4-5-13-28/h1-3,6-11,14H,4-5,12-13H2,(H,27,30). The van der Waals surface area contributed by atoms with E-state index in [4.69, 9.17) is 0 Å². The van der Waals surface area contributed by atoms with Crippen molar-refractivity contribution >= 4 is 17.5 Å². The molecular weight excluding hydrogens is 409 g/mol. The molecule has 1 aliphatic rings. The predicted octanol–water partition coefficient (Wildman–Crippen LogP) is 4.38. The van der Waals surface area contributed by atoms with Crippen LogP contribution < -0.4 is 5.32 Å². The minimum Gasteiger partial charge on any atom is -0.339 e. The van der Waals surface area contributed by atoms with Crippen LogP contribution in [0, 0.1) is 0 Å². The lowest BCUT2D eigenvalue weighted by Crippen LogP contribution is -2.27. The number of rotatable bonds is 4. The predicted molar refractivity (Wildman–Crippen MR) is 108 cm³/mol. The van der Waals surface area contributed by atoms with Gasteiger partial charge in [0.2, 0.25) is 0 Å². The van der Waals surface area contributed by atoms with E-state index in [2.05, 4.69) is 10.4 Å². The van der Waals surface area contributed by atoms with Crippen molar-refractivity contribution in [3.05, 3.63) is 77.6 Å². The summed E-state index contributed by atoms with van der Waals surface area (Å²) in [5, 5.41) is 6.24. The van der Waals surface area contributed by atoms with Gasteiger partial charge in [-0.2, -0.15) is 18.3 Å². The van der Waals surface area contributed by atoms with Crippen molar-refractivity contribution in [2.75, 3.05) is 18.4 Å². The Bertz CT molecular complexity index is 1090. The third-order valence-corrected chi connectivity index (χ3v) is 5.07. The molecular formula is C22H19F3N4O2. The summed E-state index contributed by atoms with van der Waals surface area (Å²) >= 11 is 0. The minimum atomic E-state index is -4.79. The highest BCUT2D eigenvalue weighted by molar-refractivity contribution is 6.05. The lowest BCUT2D eigenvalue weighted by atomic mass is 10.1. The number of alkyl halides is 3. The van der Waals surface area contributed by atoms with Crippen LogP contribution in [0.5, 0.6) is 0 Å². The second-order valence-corrected chi connectivity index (χ2v) is 7.18. The van der Waals surface area contributed by atoms with Crippen molar-refractivity contribution in [2.24, 2.45) is 0 Å². The zero-order chi connectivity index (χ0) is 22.0. The van der Waals surface area contributed by atoms with Crippen molar-refractivity contribution in [1.29, 1.82) is 0 Å². The zero-order valence-electron chi connectivity index (χ0n) is 16.4. The van der Waals surface area contributed by atoms with Gasteiger partial charge in [-0.05, 0) is 49.2 Å². The van der Waals surface area contributed by atoms with E-state index in [1.807, 2.05) is 0 Å². The van der Waals surface area contributed by atoms with Crippen LogP contribution in [-0.4, -0.2) is 39.6 Å². The Balaban J connectivity index is 1.56. The molecule has 1 aromatic heterocycles. The number of amides is 2. The molecule has 0 aliphatic carbocycles. The topological polar surface area (TPSA) is 67.2 Å². The van der Waals surface area contributed by atoms with E-state index in [1.54, 1.807) is 35.2 Å². The van der Waals surface area contributed by atoms with Crippen LogP contribution in [0.3, 0.4) is 0 Å². The number of carbonyl (C=O) groups excluding carboxylic acids is 2. The number of hydrogen-bond acceptors (Lipinski definition) is 3. The Labute approximate surface area is 176 Å². The Morgan fingerprint density at radius 3 is 2.19 bits per heavy atom. The Hall–Kier alpha value is -3.62. The molecule has 1 aliphatic heterocycles. The van der Waals surface area contributed by atoms with Crippen LogP contribution in [0.15, 0.2) is 60.8 Å². The van der Waals surface area contributed by atoms with Gasteiger partial charge in [0.15, 0.2) is 5.69 Å². The quantitative estimate of drug-likeness (QED) is 0.671. The first-order valence-electron chi connectivity index (χ1n) is 9.76. The molecule has 0 spiro atoms. The first-order chi connectivity index (χ1) is 14.8. The first-order valence-corrected chi connectivity index (χ1v) is 9.76. The molecule has 0 bridgehead atoms. The summed E-state index contributed by atoms with van der Waals surface area (Å²) in [7, 11) is 0. The van der Waals surface area contributed by atoms with Crippen LogP contribution in [-0.2, 0) is 6.18 Å². The molecule has 0 radical (unpaired) electrons.